The Labute approximate surface area is 285 Å². The summed E-state index contributed by atoms with van der Waals surface area (Å²) in [4.78, 5) is 69.9. The van der Waals surface area contributed by atoms with Crippen LogP contribution in [0.25, 0.3) is 0 Å². The van der Waals surface area contributed by atoms with Crippen molar-refractivity contribution in [3.8, 4) is 0 Å². The number of aliphatic carboxylic acids is 1. The number of carboxylic acid groups (broad SMARTS) is 1. The molecule has 6 N–H and O–H groups in total. The van der Waals surface area contributed by atoms with E-state index in [-0.39, 0.29) is 121 Å². The average Bonchev–Trinajstić information content (AvgIpc) is 3.01. The quantitative estimate of drug-likeness (QED) is 0.0312. The molecule has 0 aliphatic rings. The van der Waals surface area contributed by atoms with Crippen LogP contribution in [0.1, 0.15) is 65.2 Å². The van der Waals surface area contributed by atoms with Gasteiger partial charge in [0.25, 0.3) is 0 Å². The number of Topliss-reactive ketones (excluding diaryl/α,β-unsaturated/α-hetero) is 1. The number of unbranched alkanes of at least 4 members (excludes halogenated alkanes) is 2. The number of hydrogen-bond donors (Lipinski definition) is 6. The zero-order chi connectivity index (χ0) is 34.4. The molecule has 0 heterocycles. The Kier molecular flexibility index (Phi) is 28.3. The summed E-state index contributed by atoms with van der Waals surface area (Å²) in [5.74, 6) is -2.31. The van der Waals surface area contributed by atoms with Gasteiger partial charge in [0.15, 0.2) is 0 Å². The van der Waals surface area contributed by atoms with Crippen LogP contribution in [0.4, 0.5) is 0 Å². The number of halogens is 1. The van der Waals surface area contributed by atoms with Crippen molar-refractivity contribution in [2.45, 2.75) is 77.3 Å². The first-order valence-electron chi connectivity index (χ1n) is 15.6. The van der Waals surface area contributed by atoms with Crippen LogP contribution in [0.15, 0.2) is 0 Å². The number of nitrogens with one attached hydrogen (secondary N) is 5. The van der Waals surface area contributed by atoms with Gasteiger partial charge in [-0.3, -0.25) is 27.5 Å². The van der Waals surface area contributed by atoms with Crippen LogP contribution in [-0.2, 0) is 47.7 Å². The maximum absolute atomic E-state index is 11.9. The predicted molar refractivity (Wildman–Crippen MR) is 176 cm³/mol. The third kappa shape index (κ3) is 26.7. The summed E-state index contributed by atoms with van der Waals surface area (Å²) >= 11 is 1.97. The lowest BCUT2D eigenvalue weighted by molar-refractivity contribution is -0.142. The minimum atomic E-state index is -1.18. The molecule has 1 unspecified atom stereocenters. The number of carbonyl (C=O) groups is 6. The molecular weight excluding hydrogens is 721 g/mol. The van der Waals surface area contributed by atoms with E-state index in [0.29, 0.717) is 13.0 Å². The molecule has 0 spiro atoms. The number of rotatable bonds is 31. The highest BCUT2D eigenvalue weighted by Crippen LogP contribution is 2.03. The lowest BCUT2D eigenvalue weighted by Gasteiger charge is -2.14. The molecule has 0 aromatic carbocycles. The molecular formula is C29H52IN5O11. The molecule has 0 aliphatic heterocycles. The van der Waals surface area contributed by atoms with E-state index in [1.807, 2.05) is 29.8 Å². The van der Waals surface area contributed by atoms with Gasteiger partial charge in [0.1, 0.15) is 25.0 Å². The lowest BCUT2D eigenvalue weighted by atomic mass is 10.1. The molecule has 0 aromatic rings. The van der Waals surface area contributed by atoms with Crippen molar-refractivity contribution in [3.05, 3.63) is 0 Å². The van der Waals surface area contributed by atoms with Crippen LogP contribution >= 0.6 is 22.9 Å². The highest BCUT2D eigenvalue weighted by atomic mass is 127. The molecule has 0 aliphatic carbocycles. The molecule has 2 atom stereocenters. The number of ether oxygens (including phenoxy) is 4. The van der Waals surface area contributed by atoms with Crippen molar-refractivity contribution in [3.63, 3.8) is 0 Å². The monoisotopic (exact) mass is 773 g/mol. The van der Waals surface area contributed by atoms with Gasteiger partial charge in [-0.2, -0.15) is 0 Å². The lowest BCUT2D eigenvalue weighted by Crippen LogP contribution is -2.41. The summed E-state index contributed by atoms with van der Waals surface area (Å²) in [5.41, 5.74) is 0. The van der Waals surface area contributed by atoms with Crippen molar-refractivity contribution in [1.29, 1.82) is 0 Å². The number of carboxylic acids is 1. The zero-order valence-electron chi connectivity index (χ0n) is 27.0. The first-order valence-corrected chi connectivity index (χ1v) is 16.7. The van der Waals surface area contributed by atoms with Crippen LogP contribution in [-0.4, -0.2) is 125 Å². The van der Waals surface area contributed by atoms with E-state index in [9.17, 15) is 33.9 Å². The molecule has 17 heteroatoms. The molecule has 0 bridgehead atoms. The molecule has 0 fully saturated rings. The summed E-state index contributed by atoms with van der Waals surface area (Å²) < 4.78 is 24.1. The van der Waals surface area contributed by atoms with Crippen LogP contribution in [0, 0.1) is 0 Å². The molecule has 0 aromatic heterocycles. The molecule has 16 nitrogen and oxygen atoms in total. The standard InChI is InChI=1S/C29H52IN5O11/c1-3-4-8-26(38)34-24(29(41)42)9-10-25(37)32-12-14-43-16-19-46-21-28(40)33-13-15-44-17-18-45-20-27(39)31-11-6-5-7-23(35-30)22(2)36/h23-24,35H,3-21H2,1-2H3,(H,31,39)(H,32,37)(H,33,40)(H,34,38)(H,41,42)/t23-,24?/m0/s1. The summed E-state index contributed by atoms with van der Waals surface area (Å²) in [7, 11) is 0. The average molecular weight is 774 g/mol. The van der Waals surface area contributed by atoms with Crippen LogP contribution in [0.2, 0.25) is 0 Å². The number of ketones is 1. The third-order valence-corrected chi connectivity index (χ3v) is 7.01. The fourth-order valence-corrected chi connectivity index (χ4v) is 4.41. The van der Waals surface area contributed by atoms with Crippen LogP contribution in [0.5, 0.6) is 0 Å². The van der Waals surface area contributed by atoms with Crippen molar-refractivity contribution in [2.75, 3.05) is 72.5 Å². The minimum Gasteiger partial charge on any atom is -0.480 e. The Morgan fingerprint density at radius 2 is 1.17 bits per heavy atom. The summed E-state index contributed by atoms with van der Waals surface area (Å²) in [5, 5.41) is 19.7. The highest BCUT2D eigenvalue weighted by Gasteiger charge is 2.20. The maximum atomic E-state index is 11.9. The van der Waals surface area contributed by atoms with E-state index in [2.05, 4.69) is 24.8 Å². The first-order chi connectivity index (χ1) is 22.1. The van der Waals surface area contributed by atoms with Gasteiger partial charge in [0, 0.05) is 55.3 Å². The molecule has 0 saturated heterocycles. The molecule has 0 rings (SSSR count). The van der Waals surface area contributed by atoms with Crippen molar-refractivity contribution in [1.82, 2.24) is 24.8 Å². The number of amides is 4. The van der Waals surface area contributed by atoms with E-state index in [1.165, 1.54) is 0 Å². The van der Waals surface area contributed by atoms with Crippen molar-refractivity contribution < 1.29 is 52.8 Å². The van der Waals surface area contributed by atoms with Crippen molar-refractivity contribution in [2.24, 2.45) is 0 Å². The van der Waals surface area contributed by atoms with Gasteiger partial charge in [0.05, 0.1) is 45.7 Å². The zero-order valence-corrected chi connectivity index (χ0v) is 29.2. The smallest absolute Gasteiger partial charge is 0.326 e. The molecule has 0 radical (unpaired) electrons. The van der Waals surface area contributed by atoms with E-state index in [1.54, 1.807) is 6.92 Å². The number of hydrogen-bond acceptors (Lipinski definition) is 11. The fraction of sp³-hybridized carbons (Fsp3) is 0.793. The Morgan fingerprint density at radius 1 is 0.630 bits per heavy atom. The third-order valence-electron chi connectivity index (χ3n) is 6.26. The van der Waals surface area contributed by atoms with E-state index >= 15 is 0 Å². The SMILES string of the molecule is CCCCC(=O)NC(CCC(=O)NCCOCCOCC(=O)NCCOCCOCC(=O)NCCCC[C@H](NI)C(C)=O)C(=O)O. The van der Waals surface area contributed by atoms with Crippen molar-refractivity contribution >= 4 is 58.2 Å². The second kappa shape index (κ2) is 29.9. The molecule has 266 valence electrons. The van der Waals surface area contributed by atoms with Gasteiger partial charge in [-0.05, 0) is 39.0 Å². The first kappa shape index (κ1) is 43.5. The maximum Gasteiger partial charge on any atom is 0.326 e. The van der Waals surface area contributed by atoms with Gasteiger partial charge >= 0.3 is 5.97 Å². The van der Waals surface area contributed by atoms with Gasteiger partial charge in [-0.1, -0.05) is 13.3 Å². The molecule has 4 amide bonds. The Balaban J connectivity index is 3.59. The summed E-state index contributed by atoms with van der Waals surface area (Å²) in [6.07, 6.45) is 3.99. The Morgan fingerprint density at radius 3 is 1.70 bits per heavy atom. The van der Waals surface area contributed by atoms with Gasteiger partial charge in [-0.25, -0.2) is 4.79 Å². The Bertz CT molecular complexity index is 898. The largest absolute Gasteiger partial charge is 0.480 e. The topological polar surface area (TPSA) is 220 Å². The molecule has 0 saturated carbocycles. The van der Waals surface area contributed by atoms with E-state index < -0.39 is 12.0 Å². The fourth-order valence-electron chi connectivity index (χ4n) is 3.66. The highest BCUT2D eigenvalue weighted by molar-refractivity contribution is 14.1. The number of carbonyl (C=O) groups excluding carboxylic acids is 5. The second-order valence-electron chi connectivity index (χ2n) is 10.2. The summed E-state index contributed by atoms with van der Waals surface area (Å²) in [6, 6.07) is -1.27. The molecule has 46 heavy (non-hydrogen) atoms. The summed E-state index contributed by atoms with van der Waals surface area (Å²) in [6.45, 7) is 5.67. The van der Waals surface area contributed by atoms with Crippen LogP contribution in [0.3, 0.4) is 0 Å². The van der Waals surface area contributed by atoms with Gasteiger partial charge < -0.3 is 45.3 Å². The second-order valence-corrected chi connectivity index (χ2v) is 10.9. The van der Waals surface area contributed by atoms with Gasteiger partial charge in [0.2, 0.25) is 23.6 Å². The Hall–Kier alpha value is -2.45. The van der Waals surface area contributed by atoms with Crippen LogP contribution < -0.4 is 24.8 Å². The normalized spacial score (nSPS) is 12.2. The predicted octanol–water partition coefficient (Wildman–Crippen LogP) is 0.00870. The van der Waals surface area contributed by atoms with E-state index in [0.717, 1.165) is 25.7 Å². The van der Waals surface area contributed by atoms with Gasteiger partial charge in [-0.15, -0.1) is 0 Å². The minimum absolute atomic E-state index is 0.0127. The van der Waals surface area contributed by atoms with E-state index in [4.69, 9.17) is 18.9 Å².